The van der Waals surface area contributed by atoms with Gasteiger partial charge in [-0.15, -0.1) is 0 Å². The van der Waals surface area contributed by atoms with Crippen molar-refractivity contribution < 1.29 is 9.53 Å². The molecule has 2 heterocycles. The topological polar surface area (TPSA) is 76.1 Å². The van der Waals surface area contributed by atoms with Gasteiger partial charge in [0.2, 0.25) is 0 Å². The summed E-state index contributed by atoms with van der Waals surface area (Å²) in [5.74, 6) is 0.742. The lowest BCUT2D eigenvalue weighted by atomic mass is 10.3. The fraction of sp³-hybridized carbons (Fsp3) is 0.105. The van der Waals surface area contributed by atoms with Crippen LogP contribution in [0.4, 0.5) is 11.5 Å². The second-order valence-electron chi connectivity index (χ2n) is 5.40. The van der Waals surface area contributed by atoms with Gasteiger partial charge in [0.1, 0.15) is 11.6 Å². The summed E-state index contributed by atoms with van der Waals surface area (Å²) >= 11 is 5.80. The van der Waals surface area contributed by atoms with E-state index in [4.69, 9.17) is 16.3 Å². The molecule has 7 heteroatoms. The van der Waals surface area contributed by atoms with E-state index in [1.54, 1.807) is 42.7 Å². The maximum atomic E-state index is 11.9. The Morgan fingerprint density at radius 3 is 2.58 bits per heavy atom. The summed E-state index contributed by atoms with van der Waals surface area (Å²) < 4.78 is 5.39. The van der Waals surface area contributed by atoms with E-state index in [2.05, 4.69) is 20.6 Å². The zero-order chi connectivity index (χ0) is 18.2. The lowest BCUT2D eigenvalue weighted by Gasteiger charge is -2.09. The summed E-state index contributed by atoms with van der Waals surface area (Å²) in [5.41, 5.74) is 1.77. The van der Waals surface area contributed by atoms with Crippen molar-refractivity contribution in [2.45, 2.75) is 6.54 Å². The number of amides is 1. The van der Waals surface area contributed by atoms with Crippen molar-refractivity contribution in [3.05, 3.63) is 77.7 Å². The number of nitrogens with zero attached hydrogens (tertiary/aromatic N) is 2. The monoisotopic (exact) mass is 368 g/mol. The summed E-state index contributed by atoms with van der Waals surface area (Å²) in [6.07, 6.45) is 3.40. The molecule has 2 aromatic heterocycles. The Morgan fingerprint density at radius 2 is 1.88 bits per heavy atom. The van der Waals surface area contributed by atoms with E-state index in [-0.39, 0.29) is 12.5 Å². The van der Waals surface area contributed by atoms with Gasteiger partial charge in [-0.1, -0.05) is 17.7 Å². The Kier molecular flexibility index (Phi) is 6.01. The van der Waals surface area contributed by atoms with Crippen LogP contribution in [-0.2, 0) is 11.3 Å². The number of carbonyl (C=O) groups is 1. The average Bonchev–Trinajstić information content (AvgIpc) is 2.68. The molecule has 0 aliphatic carbocycles. The molecule has 0 fully saturated rings. The molecule has 132 valence electrons. The zero-order valence-corrected chi connectivity index (χ0v) is 14.6. The van der Waals surface area contributed by atoms with Crippen LogP contribution in [0, 0.1) is 0 Å². The van der Waals surface area contributed by atoms with Gasteiger partial charge in [-0.05, 0) is 48.5 Å². The number of hydrogen-bond donors (Lipinski definition) is 2. The highest BCUT2D eigenvalue weighted by Crippen LogP contribution is 2.15. The summed E-state index contributed by atoms with van der Waals surface area (Å²) in [4.78, 5) is 20.4. The molecule has 0 radical (unpaired) electrons. The molecule has 3 aromatic rings. The molecule has 0 aliphatic rings. The minimum Gasteiger partial charge on any atom is -0.484 e. The highest BCUT2D eigenvalue weighted by Gasteiger charge is 2.05. The number of nitrogens with one attached hydrogen (secondary N) is 2. The largest absolute Gasteiger partial charge is 0.484 e. The third-order valence-electron chi connectivity index (χ3n) is 3.41. The van der Waals surface area contributed by atoms with Gasteiger partial charge in [0.05, 0.1) is 24.1 Å². The van der Waals surface area contributed by atoms with E-state index in [9.17, 15) is 4.79 Å². The first-order valence-electron chi connectivity index (χ1n) is 7.97. The standard InChI is InChI=1S/C19H17ClN4O2/c20-14-4-7-17(8-5-14)26-13-19(25)24-18-9-6-16(12-23-18)22-11-15-3-1-2-10-21-15/h1-10,12,22H,11,13H2,(H,23,24,25). The number of rotatable bonds is 7. The highest BCUT2D eigenvalue weighted by atomic mass is 35.5. The molecule has 0 saturated heterocycles. The normalized spacial score (nSPS) is 10.2. The second kappa shape index (κ2) is 8.82. The van der Waals surface area contributed by atoms with Crippen molar-refractivity contribution in [1.29, 1.82) is 0 Å². The predicted molar refractivity (Wildman–Crippen MR) is 101 cm³/mol. The van der Waals surface area contributed by atoms with Crippen molar-refractivity contribution in [3.8, 4) is 5.75 Å². The van der Waals surface area contributed by atoms with Crippen molar-refractivity contribution >= 4 is 29.0 Å². The van der Waals surface area contributed by atoms with Gasteiger partial charge in [-0.2, -0.15) is 0 Å². The Morgan fingerprint density at radius 1 is 1.04 bits per heavy atom. The van der Waals surface area contributed by atoms with Crippen molar-refractivity contribution in [2.24, 2.45) is 0 Å². The Balaban J connectivity index is 1.45. The molecule has 0 bridgehead atoms. The van der Waals surface area contributed by atoms with Crippen LogP contribution in [-0.4, -0.2) is 22.5 Å². The number of pyridine rings is 2. The number of halogens is 1. The molecule has 0 unspecified atom stereocenters. The first-order chi connectivity index (χ1) is 12.7. The minimum absolute atomic E-state index is 0.108. The van der Waals surface area contributed by atoms with Crippen molar-refractivity contribution in [2.75, 3.05) is 17.2 Å². The SMILES string of the molecule is O=C(COc1ccc(Cl)cc1)Nc1ccc(NCc2ccccn2)cn1. The Bertz CT molecular complexity index is 840. The number of anilines is 2. The molecule has 3 rings (SSSR count). The molecule has 1 amide bonds. The van der Waals surface area contributed by atoms with E-state index in [1.807, 2.05) is 24.3 Å². The van der Waals surface area contributed by atoms with Crippen LogP contribution in [0.2, 0.25) is 5.02 Å². The number of hydrogen-bond acceptors (Lipinski definition) is 5. The molecule has 0 spiro atoms. The molecule has 0 aliphatic heterocycles. The second-order valence-corrected chi connectivity index (χ2v) is 5.83. The third-order valence-corrected chi connectivity index (χ3v) is 3.67. The minimum atomic E-state index is -0.290. The van der Waals surface area contributed by atoms with Gasteiger partial charge in [-0.25, -0.2) is 4.98 Å². The van der Waals surface area contributed by atoms with E-state index in [1.165, 1.54) is 0 Å². The summed E-state index contributed by atoms with van der Waals surface area (Å²) in [6, 6.07) is 16.1. The van der Waals surface area contributed by atoms with Crippen LogP contribution in [0.15, 0.2) is 67.0 Å². The maximum absolute atomic E-state index is 11.9. The van der Waals surface area contributed by atoms with Crippen molar-refractivity contribution in [1.82, 2.24) is 9.97 Å². The molecular weight excluding hydrogens is 352 g/mol. The zero-order valence-electron chi connectivity index (χ0n) is 13.9. The smallest absolute Gasteiger partial charge is 0.263 e. The maximum Gasteiger partial charge on any atom is 0.263 e. The number of carbonyl (C=O) groups excluding carboxylic acids is 1. The molecule has 0 atom stereocenters. The van der Waals surface area contributed by atoms with Crippen LogP contribution in [0.25, 0.3) is 0 Å². The lowest BCUT2D eigenvalue weighted by Crippen LogP contribution is -2.20. The van der Waals surface area contributed by atoms with Gasteiger partial charge in [0.25, 0.3) is 5.91 Å². The van der Waals surface area contributed by atoms with Gasteiger partial charge >= 0.3 is 0 Å². The van der Waals surface area contributed by atoms with Gasteiger partial charge in [0.15, 0.2) is 6.61 Å². The first kappa shape index (κ1) is 17.7. The fourth-order valence-electron chi connectivity index (χ4n) is 2.13. The highest BCUT2D eigenvalue weighted by molar-refractivity contribution is 6.30. The van der Waals surface area contributed by atoms with Crippen LogP contribution in [0.1, 0.15) is 5.69 Å². The number of aromatic nitrogens is 2. The van der Waals surface area contributed by atoms with E-state index >= 15 is 0 Å². The van der Waals surface area contributed by atoms with Crippen LogP contribution >= 0.6 is 11.6 Å². The van der Waals surface area contributed by atoms with Gasteiger partial charge < -0.3 is 15.4 Å². The Hall–Kier alpha value is -3.12. The lowest BCUT2D eigenvalue weighted by molar-refractivity contribution is -0.118. The summed E-state index contributed by atoms with van der Waals surface area (Å²) in [6.45, 7) is 0.492. The molecule has 1 aromatic carbocycles. The van der Waals surface area contributed by atoms with Crippen LogP contribution in [0.5, 0.6) is 5.75 Å². The molecule has 26 heavy (non-hydrogen) atoms. The molecule has 0 saturated carbocycles. The van der Waals surface area contributed by atoms with Crippen LogP contribution in [0.3, 0.4) is 0 Å². The summed E-state index contributed by atoms with van der Waals surface area (Å²) in [7, 11) is 0. The molecular formula is C19H17ClN4O2. The first-order valence-corrected chi connectivity index (χ1v) is 8.35. The van der Waals surface area contributed by atoms with E-state index in [0.29, 0.717) is 23.1 Å². The van der Waals surface area contributed by atoms with E-state index < -0.39 is 0 Å². The molecule has 6 nitrogen and oxygen atoms in total. The average molecular weight is 369 g/mol. The Labute approximate surface area is 156 Å². The third kappa shape index (κ3) is 5.46. The van der Waals surface area contributed by atoms with Gasteiger partial charge in [-0.3, -0.25) is 9.78 Å². The predicted octanol–water partition coefficient (Wildman–Crippen LogP) is 3.76. The number of benzene rings is 1. The van der Waals surface area contributed by atoms with E-state index in [0.717, 1.165) is 11.4 Å². The number of ether oxygens (including phenoxy) is 1. The summed E-state index contributed by atoms with van der Waals surface area (Å²) in [5, 5.41) is 6.52. The quantitative estimate of drug-likeness (QED) is 0.664. The molecule has 2 N–H and O–H groups in total. The van der Waals surface area contributed by atoms with Gasteiger partial charge in [0, 0.05) is 11.2 Å². The van der Waals surface area contributed by atoms with Crippen LogP contribution < -0.4 is 15.4 Å². The van der Waals surface area contributed by atoms with Crippen molar-refractivity contribution in [3.63, 3.8) is 0 Å². The fourth-order valence-corrected chi connectivity index (χ4v) is 2.25.